The van der Waals surface area contributed by atoms with Gasteiger partial charge in [0.25, 0.3) is 0 Å². The van der Waals surface area contributed by atoms with Gasteiger partial charge < -0.3 is 8.94 Å². The van der Waals surface area contributed by atoms with Crippen molar-refractivity contribution in [1.82, 2.24) is 19.6 Å². The molecule has 3 aromatic rings. The quantitative estimate of drug-likeness (QED) is 0.734. The van der Waals surface area contributed by atoms with Crippen LogP contribution in [0.2, 0.25) is 0 Å². The van der Waals surface area contributed by atoms with Crippen LogP contribution in [0.3, 0.4) is 0 Å². The summed E-state index contributed by atoms with van der Waals surface area (Å²) in [5.74, 6) is 1.02. The second-order valence-corrected chi connectivity index (χ2v) is 5.85. The third-order valence-electron chi connectivity index (χ3n) is 4.39. The van der Waals surface area contributed by atoms with Crippen LogP contribution in [0.5, 0.6) is 0 Å². The Kier molecular flexibility index (Phi) is 3.49. The van der Waals surface area contributed by atoms with E-state index in [4.69, 9.17) is 8.94 Å². The summed E-state index contributed by atoms with van der Waals surface area (Å²) in [5.41, 5.74) is 1.47. The SMILES string of the molecule is Cc1nc(C2CCCN2CCn2c(=O)oc3ccccc32)no1. The fourth-order valence-electron chi connectivity index (χ4n) is 3.29. The highest BCUT2D eigenvalue weighted by atomic mass is 16.5. The smallest absolute Gasteiger partial charge is 0.408 e. The van der Waals surface area contributed by atoms with Crippen molar-refractivity contribution in [2.45, 2.75) is 32.4 Å². The molecule has 1 saturated heterocycles. The Morgan fingerprint density at radius 3 is 3.00 bits per heavy atom. The van der Waals surface area contributed by atoms with E-state index in [1.807, 2.05) is 24.3 Å². The molecule has 0 N–H and O–H groups in total. The van der Waals surface area contributed by atoms with Crippen LogP contribution in [-0.2, 0) is 6.54 Å². The average Bonchev–Trinajstić information content (AvgIpc) is 3.23. The van der Waals surface area contributed by atoms with Crippen LogP contribution in [0.15, 0.2) is 38.0 Å². The summed E-state index contributed by atoms with van der Waals surface area (Å²) in [7, 11) is 0. The summed E-state index contributed by atoms with van der Waals surface area (Å²) in [5, 5.41) is 4.05. The molecule has 2 aromatic heterocycles. The van der Waals surface area contributed by atoms with Gasteiger partial charge in [0.2, 0.25) is 5.89 Å². The molecule has 1 aliphatic heterocycles. The van der Waals surface area contributed by atoms with Crippen molar-refractivity contribution in [1.29, 1.82) is 0 Å². The number of hydrogen-bond acceptors (Lipinski definition) is 6. The number of benzene rings is 1. The molecule has 0 aliphatic carbocycles. The summed E-state index contributed by atoms with van der Waals surface area (Å²) in [6.45, 7) is 4.11. The van der Waals surface area contributed by atoms with E-state index < -0.39 is 0 Å². The van der Waals surface area contributed by atoms with Crippen molar-refractivity contribution in [3.63, 3.8) is 0 Å². The van der Waals surface area contributed by atoms with Crippen molar-refractivity contribution in [2.24, 2.45) is 0 Å². The Bertz CT molecular complexity index is 879. The van der Waals surface area contributed by atoms with Crippen molar-refractivity contribution >= 4 is 11.1 Å². The zero-order valence-electron chi connectivity index (χ0n) is 12.9. The fraction of sp³-hybridized carbons (Fsp3) is 0.438. The zero-order valence-corrected chi connectivity index (χ0v) is 12.9. The molecule has 1 aliphatic rings. The second kappa shape index (κ2) is 5.66. The van der Waals surface area contributed by atoms with Crippen molar-refractivity contribution in [2.75, 3.05) is 13.1 Å². The number of nitrogens with zero attached hydrogens (tertiary/aromatic N) is 4. The molecule has 1 aromatic carbocycles. The van der Waals surface area contributed by atoms with Crippen molar-refractivity contribution < 1.29 is 8.94 Å². The number of fused-ring (bicyclic) bond motifs is 1. The van der Waals surface area contributed by atoms with E-state index >= 15 is 0 Å². The maximum atomic E-state index is 12.0. The minimum atomic E-state index is -0.308. The summed E-state index contributed by atoms with van der Waals surface area (Å²) in [4.78, 5) is 18.7. The van der Waals surface area contributed by atoms with E-state index in [1.165, 1.54) is 0 Å². The molecular weight excluding hydrogens is 296 g/mol. The second-order valence-electron chi connectivity index (χ2n) is 5.85. The number of rotatable bonds is 4. The highest BCUT2D eigenvalue weighted by molar-refractivity contribution is 5.72. The Morgan fingerprint density at radius 1 is 1.30 bits per heavy atom. The minimum absolute atomic E-state index is 0.168. The summed E-state index contributed by atoms with van der Waals surface area (Å²) in [6.07, 6.45) is 2.11. The number of likely N-dealkylation sites (tertiary alicyclic amines) is 1. The molecule has 1 atom stereocenters. The maximum Gasteiger partial charge on any atom is 0.419 e. The van der Waals surface area contributed by atoms with Gasteiger partial charge in [-0.2, -0.15) is 4.98 Å². The highest BCUT2D eigenvalue weighted by Gasteiger charge is 2.29. The molecule has 0 bridgehead atoms. The molecule has 0 spiro atoms. The number of aromatic nitrogens is 3. The van der Waals surface area contributed by atoms with Gasteiger partial charge in [-0.05, 0) is 31.5 Å². The zero-order chi connectivity index (χ0) is 15.8. The molecular formula is C16H18N4O3. The summed E-state index contributed by atoms with van der Waals surface area (Å²) < 4.78 is 12.1. The monoisotopic (exact) mass is 314 g/mol. The lowest BCUT2D eigenvalue weighted by Crippen LogP contribution is -2.30. The predicted octanol–water partition coefficient (Wildman–Crippen LogP) is 2.12. The van der Waals surface area contributed by atoms with Gasteiger partial charge in [-0.25, -0.2) is 4.79 Å². The normalized spacial score (nSPS) is 18.9. The maximum absolute atomic E-state index is 12.0. The van der Waals surface area contributed by atoms with Crippen LogP contribution in [0, 0.1) is 6.92 Å². The van der Waals surface area contributed by atoms with Crippen LogP contribution >= 0.6 is 0 Å². The third-order valence-corrected chi connectivity index (χ3v) is 4.39. The first-order chi connectivity index (χ1) is 11.2. The lowest BCUT2D eigenvalue weighted by atomic mass is 10.2. The largest absolute Gasteiger partial charge is 0.419 e. The van der Waals surface area contributed by atoms with Gasteiger partial charge in [-0.15, -0.1) is 0 Å². The first kappa shape index (κ1) is 14.2. The molecule has 120 valence electrons. The standard InChI is InChI=1S/C16H18N4O3/c1-11-17-15(18-23-11)13-6-4-8-19(13)9-10-20-12-5-2-3-7-14(12)22-16(20)21/h2-3,5,7,13H,4,6,8-10H2,1H3. The minimum Gasteiger partial charge on any atom is -0.408 e. The number of aryl methyl sites for hydroxylation is 1. The van der Waals surface area contributed by atoms with E-state index in [2.05, 4.69) is 15.0 Å². The van der Waals surface area contributed by atoms with Gasteiger partial charge in [-0.1, -0.05) is 17.3 Å². The predicted molar refractivity (Wildman–Crippen MR) is 83.1 cm³/mol. The Morgan fingerprint density at radius 2 is 2.17 bits per heavy atom. The van der Waals surface area contributed by atoms with E-state index in [-0.39, 0.29) is 11.8 Å². The van der Waals surface area contributed by atoms with Crippen LogP contribution in [0.25, 0.3) is 11.1 Å². The fourth-order valence-corrected chi connectivity index (χ4v) is 3.29. The molecule has 0 amide bonds. The molecule has 7 heteroatoms. The summed E-state index contributed by atoms with van der Waals surface area (Å²) in [6, 6.07) is 7.67. The topological polar surface area (TPSA) is 77.3 Å². The van der Waals surface area contributed by atoms with Crippen molar-refractivity contribution in [3.05, 3.63) is 46.5 Å². The number of hydrogen-bond donors (Lipinski definition) is 0. The van der Waals surface area contributed by atoms with Gasteiger partial charge in [0.15, 0.2) is 11.4 Å². The number of oxazole rings is 1. The Hall–Kier alpha value is -2.41. The van der Waals surface area contributed by atoms with Crippen molar-refractivity contribution in [3.8, 4) is 0 Å². The van der Waals surface area contributed by atoms with E-state index in [0.29, 0.717) is 18.0 Å². The van der Waals surface area contributed by atoms with Crippen LogP contribution < -0.4 is 5.76 Å². The third kappa shape index (κ3) is 2.57. The lowest BCUT2D eigenvalue weighted by molar-refractivity contribution is 0.232. The number of para-hydroxylation sites is 2. The highest BCUT2D eigenvalue weighted by Crippen LogP contribution is 2.29. The van der Waals surface area contributed by atoms with E-state index in [1.54, 1.807) is 11.5 Å². The molecule has 0 radical (unpaired) electrons. The average molecular weight is 314 g/mol. The molecule has 1 fully saturated rings. The van der Waals surface area contributed by atoms with Crippen LogP contribution in [-0.4, -0.2) is 32.7 Å². The van der Waals surface area contributed by atoms with Gasteiger partial charge in [0.1, 0.15) is 0 Å². The Balaban J connectivity index is 1.53. The van der Waals surface area contributed by atoms with E-state index in [9.17, 15) is 4.79 Å². The Labute approximate surface area is 132 Å². The molecule has 0 saturated carbocycles. The molecule has 23 heavy (non-hydrogen) atoms. The lowest BCUT2D eigenvalue weighted by Gasteiger charge is -2.21. The van der Waals surface area contributed by atoms with Crippen LogP contribution in [0.1, 0.15) is 30.6 Å². The first-order valence-corrected chi connectivity index (χ1v) is 7.85. The van der Waals surface area contributed by atoms with Gasteiger partial charge in [0, 0.05) is 20.0 Å². The molecule has 3 heterocycles. The molecule has 7 nitrogen and oxygen atoms in total. The van der Waals surface area contributed by atoms with E-state index in [0.717, 1.165) is 37.3 Å². The van der Waals surface area contributed by atoms with Crippen LogP contribution in [0.4, 0.5) is 0 Å². The van der Waals surface area contributed by atoms with Gasteiger partial charge in [-0.3, -0.25) is 9.47 Å². The summed E-state index contributed by atoms with van der Waals surface area (Å²) >= 11 is 0. The van der Waals surface area contributed by atoms with Gasteiger partial charge >= 0.3 is 5.76 Å². The molecule has 4 rings (SSSR count). The first-order valence-electron chi connectivity index (χ1n) is 7.85. The van der Waals surface area contributed by atoms with Gasteiger partial charge in [0.05, 0.1) is 11.6 Å². The molecule has 1 unspecified atom stereocenters.